The Hall–Kier alpha value is -5.58. The third-order valence-corrected chi connectivity index (χ3v) is 17.3. The summed E-state index contributed by atoms with van der Waals surface area (Å²) >= 11 is 1.93. The molecule has 0 spiro atoms. The van der Waals surface area contributed by atoms with Crippen molar-refractivity contribution in [3.63, 3.8) is 0 Å². The van der Waals surface area contributed by atoms with Crippen LogP contribution in [0.3, 0.4) is 0 Å². The second-order valence-corrected chi connectivity index (χ2v) is 24.8. The summed E-state index contributed by atoms with van der Waals surface area (Å²) in [6, 6.07) is 45.2. The van der Waals surface area contributed by atoms with E-state index in [0.717, 1.165) is 18.7 Å². The van der Waals surface area contributed by atoms with E-state index in [0.29, 0.717) is 0 Å². The van der Waals surface area contributed by atoms with Crippen LogP contribution in [-0.2, 0) is 27.1 Å². The third-order valence-electron chi connectivity index (χ3n) is 16.1. The predicted octanol–water partition coefficient (Wildman–Crippen LogP) is 15.5. The molecule has 2 nitrogen and oxygen atoms in total. The van der Waals surface area contributed by atoms with Gasteiger partial charge in [0.25, 0.3) is 0 Å². The highest BCUT2D eigenvalue weighted by molar-refractivity contribution is 7.25. The van der Waals surface area contributed by atoms with Crippen LogP contribution in [0.1, 0.15) is 129 Å². The molecule has 324 valence electrons. The van der Waals surface area contributed by atoms with Crippen molar-refractivity contribution < 1.29 is 0 Å². The van der Waals surface area contributed by atoms with Crippen molar-refractivity contribution in [3.8, 4) is 27.9 Å². The van der Waals surface area contributed by atoms with Crippen molar-refractivity contribution in [2.24, 2.45) is 0 Å². The van der Waals surface area contributed by atoms with Gasteiger partial charge in [-0.1, -0.05) is 155 Å². The van der Waals surface area contributed by atoms with Crippen LogP contribution in [0.25, 0.3) is 69.9 Å². The van der Waals surface area contributed by atoms with Gasteiger partial charge in [0.05, 0.1) is 5.52 Å². The minimum atomic E-state index is -0.239. The summed E-state index contributed by atoms with van der Waals surface area (Å²) in [5.74, 6) is 0. The highest BCUT2D eigenvalue weighted by Crippen LogP contribution is 2.58. The van der Waals surface area contributed by atoms with Gasteiger partial charge in [-0.05, 0) is 144 Å². The van der Waals surface area contributed by atoms with Gasteiger partial charge in [-0.25, -0.2) is 0 Å². The fourth-order valence-corrected chi connectivity index (χ4v) is 13.4. The monoisotopic (exact) mass is 864 g/mol. The highest BCUT2D eigenvalue weighted by atomic mass is 32.1. The molecule has 0 saturated heterocycles. The van der Waals surface area contributed by atoms with E-state index in [2.05, 4.69) is 208 Å². The van der Waals surface area contributed by atoms with E-state index in [-0.39, 0.29) is 27.1 Å². The molecule has 0 atom stereocenters. The van der Waals surface area contributed by atoms with Crippen LogP contribution in [0.4, 0.5) is 11.4 Å². The first-order valence-corrected chi connectivity index (χ1v) is 24.8. The Morgan fingerprint density at radius 2 is 1.25 bits per heavy atom. The lowest BCUT2D eigenvalue weighted by atomic mass is 9.57. The average molecular weight is 865 g/mol. The quantitative estimate of drug-likeness (QED) is 0.175. The number of rotatable bonds is 3. The number of thiophene rings is 1. The summed E-state index contributed by atoms with van der Waals surface area (Å²) in [6.45, 7) is 28.9. The van der Waals surface area contributed by atoms with Crippen LogP contribution in [-0.4, -0.2) is 11.8 Å². The highest BCUT2D eigenvalue weighted by Gasteiger charge is 2.44. The molecule has 1 N–H and O–H groups in total. The molecule has 0 bridgehead atoms. The van der Waals surface area contributed by atoms with E-state index in [1.165, 1.54) is 127 Å². The molecule has 3 aliphatic rings. The zero-order valence-electron chi connectivity index (χ0n) is 40.4. The maximum atomic E-state index is 4.03. The Morgan fingerprint density at radius 3 is 1.97 bits per heavy atom. The molecule has 0 amide bonds. The van der Waals surface area contributed by atoms with Crippen molar-refractivity contribution in [1.82, 2.24) is 4.57 Å². The van der Waals surface area contributed by atoms with E-state index >= 15 is 0 Å². The molecular weight excluding hydrogens is 804 g/mol. The van der Waals surface area contributed by atoms with E-state index in [1.54, 1.807) is 0 Å². The number of nitrogens with zero attached hydrogens (tertiary/aromatic N) is 1. The molecule has 65 heavy (non-hydrogen) atoms. The van der Waals surface area contributed by atoms with Gasteiger partial charge < -0.3 is 9.88 Å². The minimum absolute atomic E-state index is 0.0465. The molecular formula is C61H61BN2S. The summed E-state index contributed by atoms with van der Waals surface area (Å²) in [4.78, 5) is 0. The molecule has 4 heteroatoms. The van der Waals surface area contributed by atoms with E-state index in [4.69, 9.17) is 0 Å². The predicted molar refractivity (Wildman–Crippen MR) is 285 cm³/mol. The zero-order valence-corrected chi connectivity index (χ0v) is 41.3. The van der Waals surface area contributed by atoms with Crippen LogP contribution >= 0.6 is 11.3 Å². The lowest BCUT2D eigenvalue weighted by molar-refractivity contribution is 0.332. The van der Waals surface area contributed by atoms with Gasteiger partial charge >= 0.3 is 0 Å². The average Bonchev–Trinajstić information content (AvgIpc) is 3.87. The molecule has 2 aromatic heterocycles. The molecule has 7 aromatic carbocycles. The summed E-state index contributed by atoms with van der Waals surface area (Å²) in [5, 5.41) is 9.60. The van der Waals surface area contributed by atoms with Crippen molar-refractivity contribution in [3.05, 3.63) is 149 Å². The largest absolute Gasteiger partial charge is 0.355 e. The topological polar surface area (TPSA) is 17.0 Å². The summed E-state index contributed by atoms with van der Waals surface area (Å²) in [5.41, 5.74) is 23.1. The fraction of sp³-hybridized carbons (Fsp3) is 0.311. The van der Waals surface area contributed by atoms with Crippen LogP contribution < -0.4 is 16.2 Å². The van der Waals surface area contributed by atoms with Gasteiger partial charge in [-0.2, -0.15) is 0 Å². The summed E-state index contributed by atoms with van der Waals surface area (Å²) in [6.07, 6.45) is 2.37. The van der Waals surface area contributed by atoms with Crippen LogP contribution in [0.2, 0.25) is 0 Å². The zero-order chi connectivity index (χ0) is 45.3. The van der Waals surface area contributed by atoms with Crippen LogP contribution in [0.5, 0.6) is 0 Å². The number of anilines is 2. The third kappa shape index (κ3) is 5.84. The Balaban J connectivity index is 1.27. The van der Waals surface area contributed by atoms with Crippen LogP contribution in [0, 0.1) is 0 Å². The molecule has 0 fully saturated rings. The molecule has 0 radical (unpaired) electrons. The standard InChI is InChI=1S/C61H61BN2S/c1-57(2,3)34-21-24-36(25-22-34)63-46-26-23-35(58(4,5)6)29-40(46)52-51-38-18-13-15-19-42(38)61(11,12)54(51)53-41-30-43-44(60(9,10)28-27-59(43,7)8)32-47(41)64-48-33-50-39(31-45(48)62-55(52)56(53)64)37-17-14-16-20-49(37)65-50/h13-26,29-33,62-63H,27-28H2,1-12H3. The normalized spacial score (nSPS) is 16.7. The van der Waals surface area contributed by atoms with Gasteiger partial charge in [0, 0.05) is 59.1 Å². The summed E-state index contributed by atoms with van der Waals surface area (Å²) < 4.78 is 5.46. The van der Waals surface area contributed by atoms with Crippen molar-refractivity contribution in [2.75, 3.05) is 5.32 Å². The second kappa shape index (κ2) is 13.3. The number of fused-ring (bicyclic) bond motifs is 13. The SMILES string of the molecule is CC(C)(C)c1ccc(Nc2ccc(C(C)(C)C)cc2-c2c3c(c4c5cc6c(cc5n5c4c2Bc2cc4c(cc2-5)sc2ccccc24)C(C)(C)CCC6(C)C)C(C)(C)c2ccccc2-3)cc1. The van der Waals surface area contributed by atoms with Gasteiger partial charge in [-0.3, -0.25) is 0 Å². The first-order chi connectivity index (χ1) is 30.7. The van der Waals surface area contributed by atoms with E-state index < -0.39 is 0 Å². The van der Waals surface area contributed by atoms with Crippen molar-refractivity contribution in [2.45, 2.75) is 123 Å². The minimum Gasteiger partial charge on any atom is -0.355 e. The van der Waals surface area contributed by atoms with Crippen LogP contribution in [0.15, 0.2) is 115 Å². The van der Waals surface area contributed by atoms with E-state index in [1.807, 2.05) is 11.3 Å². The van der Waals surface area contributed by atoms with Gasteiger partial charge in [0.1, 0.15) is 0 Å². The Kier molecular flexibility index (Phi) is 8.36. The number of hydrogen-bond donors (Lipinski definition) is 1. The maximum Gasteiger partial charge on any atom is 0.198 e. The number of aromatic nitrogens is 1. The molecule has 0 saturated carbocycles. The van der Waals surface area contributed by atoms with Crippen molar-refractivity contribution >= 4 is 82.9 Å². The fourth-order valence-electron chi connectivity index (χ4n) is 12.3. The first kappa shape index (κ1) is 40.9. The number of benzene rings is 7. The molecule has 2 aliphatic carbocycles. The van der Waals surface area contributed by atoms with Gasteiger partial charge in [-0.15, -0.1) is 11.3 Å². The van der Waals surface area contributed by atoms with E-state index in [9.17, 15) is 0 Å². The molecule has 1 aliphatic heterocycles. The molecule has 12 rings (SSSR count). The Morgan fingerprint density at radius 1 is 0.585 bits per heavy atom. The van der Waals surface area contributed by atoms with Crippen molar-refractivity contribution in [1.29, 1.82) is 0 Å². The van der Waals surface area contributed by atoms with Gasteiger partial charge in [0.2, 0.25) is 0 Å². The lowest BCUT2D eigenvalue weighted by Crippen LogP contribution is -2.38. The Labute approximate surface area is 390 Å². The Bertz CT molecular complexity index is 3520. The molecule has 0 unspecified atom stereocenters. The first-order valence-electron chi connectivity index (χ1n) is 24.0. The smallest absolute Gasteiger partial charge is 0.198 e. The second-order valence-electron chi connectivity index (χ2n) is 23.7. The molecule has 3 heterocycles. The number of hydrogen-bond acceptors (Lipinski definition) is 2. The summed E-state index contributed by atoms with van der Waals surface area (Å²) in [7, 11) is 0.851. The maximum absolute atomic E-state index is 4.03. The number of nitrogens with one attached hydrogen (secondary N) is 1. The molecule has 9 aromatic rings. The van der Waals surface area contributed by atoms with Gasteiger partial charge in [0.15, 0.2) is 7.28 Å². The lowest BCUT2D eigenvalue weighted by Gasteiger charge is -2.42.